The number of hydrogen-bond donors (Lipinski definition) is 4. The molecule has 0 aliphatic carbocycles. The second-order valence-corrected chi connectivity index (χ2v) is 10.1. The normalized spacial score (nSPS) is 19.2. The van der Waals surface area contributed by atoms with Crippen molar-refractivity contribution in [2.75, 3.05) is 12.0 Å². The lowest BCUT2D eigenvalue weighted by Crippen LogP contribution is -2.57. The number of anilines is 1. The quantitative estimate of drug-likeness (QED) is 0.273. The standard InChI is InChI=1S/C22H21N3O4S2/c1-31(28,29)14-8-6-13(10-17-20(26)24-22(30)25-21(17)27)16(11-14)19-15-5-3-2-4-12(15)7-9-18(19)23/h2-9,11,17,22,30H,10,23H2,1H3,(H,24,26)(H,25,27). The molecule has 1 aliphatic heterocycles. The van der Waals surface area contributed by atoms with E-state index in [4.69, 9.17) is 5.73 Å². The Labute approximate surface area is 185 Å². The fourth-order valence-electron chi connectivity index (χ4n) is 3.82. The largest absolute Gasteiger partial charge is 0.398 e. The zero-order valence-electron chi connectivity index (χ0n) is 16.6. The van der Waals surface area contributed by atoms with E-state index in [1.807, 2.05) is 30.3 Å². The second kappa shape index (κ2) is 7.90. The first-order chi connectivity index (χ1) is 14.6. The molecule has 3 aromatic rings. The Morgan fingerprint density at radius 2 is 1.68 bits per heavy atom. The molecule has 0 unspecified atom stereocenters. The van der Waals surface area contributed by atoms with E-state index in [1.165, 1.54) is 6.07 Å². The number of sulfone groups is 1. The summed E-state index contributed by atoms with van der Waals surface area (Å²) in [5.41, 5.74) is 7.95. The van der Waals surface area contributed by atoms with Gasteiger partial charge in [-0.15, -0.1) is 12.6 Å². The maximum Gasteiger partial charge on any atom is 0.235 e. The Morgan fingerprint density at radius 3 is 2.35 bits per heavy atom. The first-order valence-corrected chi connectivity index (χ1v) is 12.0. The summed E-state index contributed by atoms with van der Waals surface area (Å²) in [4.78, 5) is 25.0. The molecule has 1 fully saturated rings. The average Bonchev–Trinajstić information content (AvgIpc) is 2.70. The highest BCUT2D eigenvalue weighted by atomic mass is 32.2. The van der Waals surface area contributed by atoms with Crippen molar-refractivity contribution >= 4 is 50.7 Å². The molecule has 0 spiro atoms. The van der Waals surface area contributed by atoms with Gasteiger partial charge in [-0.3, -0.25) is 9.59 Å². The Hall–Kier alpha value is -3.04. The molecule has 1 aliphatic rings. The number of carbonyl (C=O) groups is 2. The lowest BCUT2D eigenvalue weighted by atomic mass is 9.88. The molecule has 0 aromatic heterocycles. The van der Waals surface area contributed by atoms with Gasteiger partial charge in [-0.1, -0.05) is 36.4 Å². The molecule has 1 heterocycles. The molecule has 160 valence electrons. The van der Waals surface area contributed by atoms with Gasteiger partial charge in [0.25, 0.3) is 0 Å². The number of nitrogen functional groups attached to an aromatic ring is 1. The predicted octanol–water partition coefficient (Wildman–Crippen LogP) is 2.11. The van der Waals surface area contributed by atoms with Gasteiger partial charge in [-0.2, -0.15) is 0 Å². The lowest BCUT2D eigenvalue weighted by Gasteiger charge is -2.27. The summed E-state index contributed by atoms with van der Waals surface area (Å²) in [6, 6.07) is 16.0. The zero-order chi connectivity index (χ0) is 22.3. The summed E-state index contributed by atoms with van der Waals surface area (Å²) in [5.74, 6) is -1.84. The molecule has 0 bridgehead atoms. The van der Waals surface area contributed by atoms with Gasteiger partial charge in [-0.25, -0.2) is 8.42 Å². The number of carbonyl (C=O) groups excluding carboxylic acids is 2. The molecule has 3 aromatic carbocycles. The summed E-state index contributed by atoms with van der Waals surface area (Å²) in [5, 5.41) is 6.97. The smallest absolute Gasteiger partial charge is 0.235 e. The number of thiol groups is 1. The van der Waals surface area contributed by atoms with Crippen molar-refractivity contribution in [2.45, 2.75) is 16.8 Å². The minimum atomic E-state index is -3.49. The SMILES string of the molecule is CS(=O)(=O)c1ccc(CC2C(=O)NC(S)NC2=O)c(-c2c(N)ccc3ccccc23)c1. The van der Waals surface area contributed by atoms with Gasteiger partial charge in [0.2, 0.25) is 11.8 Å². The van der Waals surface area contributed by atoms with Crippen LogP contribution in [0.2, 0.25) is 0 Å². The highest BCUT2D eigenvalue weighted by molar-refractivity contribution is 7.90. The van der Waals surface area contributed by atoms with Crippen LogP contribution in [0.1, 0.15) is 5.56 Å². The molecule has 31 heavy (non-hydrogen) atoms. The van der Waals surface area contributed by atoms with Crippen LogP contribution >= 0.6 is 12.6 Å². The monoisotopic (exact) mass is 455 g/mol. The van der Waals surface area contributed by atoms with E-state index in [0.717, 1.165) is 17.0 Å². The van der Waals surface area contributed by atoms with Gasteiger partial charge >= 0.3 is 0 Å². The molecule has 7 nitrogen and oxygen atoms in total. The van der Waals surface area contributed by atoms with Crippen LogP contribution in [0.15, 0.2) is 59.5 Å². The molecule has 4 N–H and O–H groups in total. The number of rotatable bonds is 4. The molecular formula is C22H21N3O4S2. The van der Waals surface area contributed by atoms with Crippen molar-refractivity contribution in [3.8, 4) is 11.1 Å². The molecule has 0 saturated carbocycles. The van der Waals surface area contributed by atoms with Crippen LogP contribution in [0.5, 0.6) is 0 Å². The Bertz CT molecular complexity index is 1300. The van der Waals surface area contributed by atoms with Gasteiger partial charge in [0.05, 0.1) is 4.90 Å². The van der Waals surface area contributed by atoms with E-state index in [-0.39, 0.29) is 11.3 Å². The van der Waals surface area contributed by atoms with E-state index in [9.17, 15) is 18.0 Å². The van der Waals surface area contributed by atoms with E-state index >= 15 is 0 Å². The summed E-state index contributed by atoms with van der Waals surface area (Å²) >= 11 is 4.08. The minimum absolute atomic E-state index is 0.0835. The average molecular weight is 456 g/mol. The number of hydrogen-bond acceptors (Lipinski definition) is 6. The van der Waals surface area contributed by atoms with E-state index in [1.54, 1.807) is 18.2 Å². The van der Waals surface area contributed by atoms with Crippen molar-refractivity contribution in [1.82, 2.24) is 10.6 Å². The third-order valence-corrected chi connectivity index (χ3v) is 6.72. The highest BCUT2D eigenvalue weighted by Gasteiger charge is 2.34. The number of amides is 2. The zero-order valence-corrected chi connectivity index (χ0v) is 18.3. The van der Waals surface area contributed by atoms with Crippen molar-refractivity contribution in [2.24, 2.45) is 5.92 Å². The lowest BCUT2D eigenvalue weighted by molar-refractivity contribution is -0.138. The Morgan fingerprint density at radius 1 is 1.00 bits per heavy atom. The van der Waals surface area contributed by atoms with Gasteiger partial charge in [0.1, 0.15) is 11.4 Å². The van der Waals surface area contributed by atoms with Gasteiger partial charge in [0, 0.05) is 17.5 Å². The molecule has 0 atom stereocenters. The predicted molar refractivity (Wildman–Crippen MR) is 123 cm³/mol. The van der Waals surface area contributed by atoms with Crippen molar-refractivity contribution in [1.29, 1.82) is 0 Å². The number of fused-ring (bicyclic) bond motifs is 1. The van der Waals surface area contributed by atoms with Crippen LogP contribution in [-0.2, 0) is 25.8 Å². The second-order valence-electron chi connectivity index (χ2n) is 7.52. The topological polar surface area (TPSA) is 118 Å². The van der Waals surface area contributed by atoms with Crippen molar-refractivity contribution in [3.63, 3.8) is 0 Å². The number of nitrogens with one attached hydrogen (secondary N) is 2. The van der Waals surface area contributed by atoms with Crippen LogP contribution in [-0.4, -0.2) is 32.0 Å². The summed E-state index contributed by atoms with van der Waals surface area (Å²) in [6.45, 7) is 0. The third-order valence-electron chi connectivity index (χ3n) is 5.36. The first kappa shape index (κ1) is 21.2. The fourth-order valence-corrected chi connectivity index (χ4v) is 4.72. The van der Waals surface area contributed by atoms with E-state index in [0.29, 0.717) is 22.4 Å². The summed E-state index contributed by atoms with van der Waals surface area (Å²) in [7, 11) is -3.49. The van der Waals surface area contributed by atoms with Crippen LogP contribution < -0.4 is 16.4 Å². The van der Waals surface area contributed by atoms with Crippen LogP contribution in [0.3, 0.4) is 0 Å². The van der Waals surface area contributed by atoms with Crippen molar-refractivity contribution < 1.29 is 18.0 Å². The van der Waals surface area contributed by atoms with Crippen molar-refractivity contribution in [3.05, 3.63) is 60.2 Å². The summed E-state index contributed by atoms with van der Waals surface area (Å²) in [6.07, 6.45) is 1.22. The first-order valence-electron chi connectivity index (χ1n) is 9.54. The minimum Gasteiger partial charge on any atom is -0.398 e. The Balaban J connectivity index is 1.92. The van der Waals surface area contributed by atoms with Gasteiger partial charge < -0.3 is 16.4 Å². The highest BCUT2D eigenvalue weighted by Crippen LogP contribution is 2.38. The molecule has 4 rings (SSSR count). The molecule has 0 radical (unpaired) electrons. The fraction of sp³-hybridized carbons (Fsp3) is 0.182. The number of nitrogens with two attached hydrogens (primary N) is 1. The van der Waals surface area contributed by atoms with Gasteiger partial charge in [-0.05, 0) is 46.5 Å². The molecule has 1 saturated heterocycles. The third kappa shape index (κ3) is 4.11. The van der Waals surface area contributed by atoms with E-state index in [2.05, 4.69) is 23.3 Å². The molecule has 9 heteroatoms. The Kier molecular flexibility index (Phi) is 5.40. The number of benzene rings is 3. The maximum atomic E-state index is 12.4. The molecule has 2 amide bonds. The van der Waals surface area contributed by atoms with Gasteiger partial charge in [0.15, 0.2) is 9.84 Å². The van der Waals surface area contributed by atoms with E-state index < -0.39 is 33.1 Å². The van der Waals surface area contributed by atoms with Crippen LogP contribution in [0.4, 0.5) is 5.69 Å². The molecular weight excluding hydrogens is 434 g/mol. The van der Waals surface area contributed by atoms with Crippen LogP contribution in [0, 0.1) is 5.92 Å². The maximum absolute atomic E-state index is 12.4. The van der Waals surface area contributed by atoms with Crippen LogP contribution in [0.25, 0.3) is 21.9 Å². The summed E-state index contributed by atoms with van der Waals surface area (Å²) < 4.78 is 24.5.